The Bertz CT molecular complexity index is 854. The van der Waals surface area contributed by atoms with Crippen LogP contribution in [0.1, 0.15) is 39.8 Å². The summed E-state index contributed by atoms with van der Waals surface area (Å²) in [6, 6.07) is 7.79. The van der Waals surface area contributed by atoms with Crippen molar-refractivity contribution in [3.63, 3.8) is 0 Å². The molecule has 0 saturated heterocycles. The van der Waals surface area contributed by atoms with E-state index in [1.165, 1.54) is 35.3 Å². The number of thiophene rings is 1. The molecular weight excluding hydrogens is 382 g/mol. The number of carbonyl (C=O) groups is 1. The Kier molecular flexibility index (Phi) is 5.44. The Morgan fingerprint density at radius 1 is 1.27 bits per heavy atom. The van der Waals surface area contributed by atoms with Crippen LogP contribution in [0.15, 0.2) is 29.2 Å². The second-order valence-corrected chi connectivity index (χ2v) is 9.71. The Hall–Kier alpha value is -1.23. The van der Waals surface area contributed by atoms with Crippen LogP contribution >= 0.6 is 34.7 Å². The molecule has 5 heteroatoms. The van der Waals surface area contributed by atoms with Crippen LogP contribution < -0.4 is 5.32 Å². The van der Waals surface area contributed by atoms with Gasteiger partial charge in [-0.15, -0.1) is 23.1 Å². The second-order valence-electron chi connectivity index (χ2n) is 7.12. The second kappa shape index (κ2) is 7.79. The first kappa shape index (κ1) is 18.1. The van der Waals surface area contributed by atoms with E-state index in [1.54, 1.807) is 22.2 Å². The van der Waals surface area contributed by atoms with Crippen molar-refractivity contribution in [1.29, 1.82) is 0 Å². The maximum absolute atomic E-state index is 12.5. The van der Waals surface area contributed by atoms with Crippen molar-refractivity contribution in [2.45, 2.75) is 38.4 Å². The van der Waals surface area contributed by atoms with Crippen LogP contribution in [-0.2, 0) is 29.8 Å². The molecule has 0 saturated carbocycles. The normalized spacial score (nSPS) is 18.7. The third kappa shape index (κ3) is 3.88. The average Bonchev–Trinajstić information content (AvgIpc) is 2.99. The highest BCUT2D eigenvalue weighted by Crippen LogP contribution is 2.43. The van der Waals surface area contributed by atoms with Gasteiger partial charge in [0.1, 0.15) is 0 Å². The SMILES string of the molecule is CC1CCc2c(sc3c2CSC(C(=O)NCCc2ccc(Cl)cc2)=C3)C1. The van der Waals surface area contributed by atoms with Crippen molar-refractivity contribution < 1.29 is 4.79 Å². The van der Waals surface area contributed by atoms with Crippen LogP contribution in [0.3, 0.4) is 0 Å². The lowest BCUT2D eigenvalue weighted by molar-refractivity contribution is -0.116. The van der Waals surface area contributed by atoms with E-state index in [0.29, 0.717) is 6.54 Å². The minimum absolute atomic E-state index is 0.0503. The van der Waals surface area contributed by atoms with Gasteiger partial charge in [0.2, 0.25) is 0 Å². The van der Waals surface area contributed by atoms with Crippen LogP contribution in [0.4, 0.5) is 0 Å². The van der Waals surface area contributed by atoms with Crippen LogP contribution in [-0.4, -0.2) is 12.5 Å². The number of nitrogens with one attached hydrogen (secondary N) is 1. The van der Waals surface area contributed by atoms with Gasteiger partial charge >= 0.3 is 0 Å². The quantitative estimate of drug-likeness (QED) is 0.732. The molecule has 0 bridgehead atoms. The lowest BCUT2D eigenvalue weighted by Gasteiger charge is -2.19. The molecule has 1 amide bonds. The molecule has 2 heterocycles. The third-order valence-corrected chi connectivity index (χ3v) is 7.67. The van der Waals surface area contributed by atoms with Crippen molar-refractivity contribution in [1.82, 2.24) is 5.32 Å². The maximum atomic E-state index is 12.5. The maximum Gasteiger partial charge on any atom is 0.257 e. The monoisotopic (exact) mass is 403 g/mol. The molecule has 0 radical (unpaired) electrons. The van der Waals surface area contributed by atoms with Crippen LogP contribution in [0.25, 0.3) is 6.08 Å². The summed E-state index contributed by atoms with van der Waals surface area (Å²) in [5.74, 6) is 1.77. The van der Waals surface area contributed by atoms with Gasteiger partial charge in [0.05, 0.1) is 4.91 Å². The van der Waals surface area contributed by atoms with Gasteiger partial charge < -0.3 is 5.32 Å². The van der Waals surface area contributed by atoms with Gasteiger partial charge in [-0.05, 0) is 66.5 Å². The predicted octanol–water partition coefficient (Wildman–Crippen LogP) is 5.47. The molecule has 1 atom stereocenters. The van der Waals surface area contributed by atoms with Crippen molar-refractivity contribution in [3.05, 3.63) is 60.6 Å². The van der Waals surface area contributed by atoms with E-state index in [-0.39, 0.29) is 5.91 Å². The van der Waals surface area contributed by atoms with Crippen molar-refractivity contribution in [2.24, 2.45) is 5.92 Å². The number of thioether (sulfide) groups is 1. The van der Waals surface area contributed by atoms with Crippen molar-refractivity contribution in [2.75, 3.05) is 6.54 Å². The number of hydrogen-bond donors (Lipinski definition) is 1. The van der Waals surface area contributed by atoms with Gasteiger partial charge in [-0.3, -0.25) is 4.79 Å². The van der Waals surface area contributed by atoms with Gasteiger partial charge in [0, 0.05) is 27.1 Å². The molecule has 1 aliphatic carbocycles. The molecule has 0 fully saturated rings. The Labute approximate surface area is 168 Å². The molecule has 4 rings (SSSR count). The predicted molar refractivity (Wildman–Crippen MR) is 113 cm³/mol. The zero-order chi connectivity index (χ0) is 18.1. The third-order valence-electron chi connectivity index (χ3n) is 5.12. The first-order valence-electron chi connectivity index (χ1n) is 9.10. The first-order valence-corrected chi connectivity index (χ1v) is 11.3. The van der Waals surface area contributed by atoms with Gasteiger partial charge in [-0.1, -0.05) is 30.7 Å². The molecule has 2 aliphatic rings. The molecule has 1 unspecified atom stereocenters. The molecule has 2 nitrogen and oxygen atoms in total. The molecule has 26 heavy (non-hydrogen) atoms. The highest BCUT2D eigenvalue weighted by Gasteiger charge is 2.26. The smallest absolute Gasteiger partial charge is 0.257 e. The van der Waals surface area contributed by atoms with E-state index in [1.807, 2.05) is 35.6 Å². The Morgan fingerprint density at radius 3 is 2.88 bits per heavy atom. The standard InChI is InChI=1S/C21H22ClNOS2/c1-13-2-7-16-17-12-25-20(11-19(17)26-18(16)10-13)21(24)23-9-8-14-3-5-15(22)6-4-14/h3-6,11,13H,2,7-10,12H2,1H3,(H,23,24). The van der Waals surface area contributed by atoms with Crippen LogP contribution in [0.5, 0.6) is 0 Å². The topological polar surface area (TPSA) is 29.1 Å². The fraction of sp³-hybridized carbons (Fsp3) is 0.381. The molecular formula is C21H22ClNOS2. The largest absolute Gasteiger partial charge is 0.351 e. The summed E-state index contributed by atoms with van der Waals surface area (Å²) < 4.78 is 0. The van der Waals surface area contributed by atoms with E-state index < -0.39 is 0 Å². The van der Waals surface area contributed by atoms with E-state index in [0.717, 1.165) is 28.0 Å². The van der Waals surface area contributed by atoms with E-state index in [2.05, 4.69) is 18.3 Å². The Balaban J connectivity index is 1.40. The summed E-state index contributed by atoms with van der Waals surface area (Å²) in [5, 5.41) is 3.80. The molecule has 1 aliphatic heterocycles. The highest BCUT2D eigenvalue weighted by molar-refractivity contribution is 8.03. The molecule has 136 valence electrons. The molecule has 1 aromatic heterocycles. The summed E-state index contributed by atoms with van der Waals surface area (Å²) in [6.07, 6.45) is 6.63. The summed E-state index contributed by atoms with van der Waals surface area (Å²) in [6.45, 7) is 2.98. The van der Waals surface area contributed by atoms with Crippen molar-refractivity contribution in [3.8, 4) is 0 Å². The van der Waals surface area contributed by atoms with Crippen LogP contribution in [0.2, 0.25) is 5.02 Å². The van der Waals surface area contributed by atoms with Crippen LogP contribution in [0, 0.1) is 5.92 Å². The summed E-state index contributed by atoms with van der Waals surface area (Å²) in [7, 11) is 0. The van der Waals surface area contributed by atoms with E-state index in [9.17, 15) is 4.79 Å². The number of rotatable bonds is 4. The minimum atomic E-state index is 0.0503. The average molecular weight is 404 g/mol. The molecule has 1 N–H and O–H groups in total. The number of halogens is 1. The Morgan fingerprint density at radius 2 is 2.08 bits per heavy atom. The zero-order valence-corrected chi connectivity index (χ0v) is 17.2. The van der Waals surface area contributed by atoms with Gasteiger partial charge in [0.25, 0.3) is 5.91 Å². The fourth-order valence-electron chi connectivity index (χ4n) is 3.61. The van der Waals surface area contributed by atoms with Crippen molar-refractivity contribution >= 4 is 46.7 Å². The number of benzene rings is 1. The first-order chi connectivity index (χ1) is 12.6. The number of carbonyl (C=O) groups excluding carboxylic acids is 1. The minimum Gasteiger partial charge on any atom is -0.351 e. The summed E-state index contributed by atoms with van der Waals surface area (Å²) in [5.41, 5.74) is 4.25. The highest BCUT2D eigenvalue weighted by atomic mass is 35.5. The van der Waals surface area contributed by atoms with E-state index >= 15 is 0 Å². The number of fused-ring (bicyclic) bond motifs is 3. The fourth-order valence-corrected chi connectivity index (χ4v) is 6.42. The van der Waals surface area contributed by atoms with Gasteiger partial charge in [-0.25, -0.2) is 0 Å². The van der Waals surface area contributed by atoms with E-state index in [4.69, 9.17) is 11.6 Å². The summed E-state index contributed by atoms with van der Waals surface area (Å²) in [4.78, 5) is 16.2. The lowest BCUT2D eigenvalue weighted by Crippen LogP contribution is -2.26. The summed E-state index contributed by atoms with van der Waals surface area (Å²) >= 11 is 9.49. The number of hydrogen-bond acceptors (Lipinski definition) is 3. The lowest BCUT2D eigenvalue weighted by atomic mass is 9.88. The molecule has 1 aromatic carbocycles. The number of amides is 1. The van der Waals surface area contributed by atoms with Gasteiger partial charge in [-0.2, -0.15) is 0 Å². The molecule has 2 aromatic rings. The zero-order valence-electron chi connectivity index (χ0n) is 14.8. The molecule has 0 spiro atoms. The van der Waals surface area contributed by atoms with Gasteiger partial charge in [0.15, 0.2) is 0 Å².